The predicted molar refractivity (Wildman–Crippen MR) is 90.3 cm³/mol. The molecule has 0 saturated heterocycles. The number of amides is 1. The third-order valence-corrected chi connectivity index (χ3v) is 4.54. The van der Waals surface area contributed by atoms with Crippen LogP contribution in [-0.4, -0.2) is 33.2 Å². The third-order valence-electron chi connectivity index (χ3n) is 3.36. The first kappa shape index (κ1) is 18.5. The summed E-state index contributed by atoms with van der Waals surface area (Å²) in [7, 11) is -3.54. The predicted octanol–water partition coefficient (Wildman–Crippen LogP) is 2.39. The smallest absolute Gasteiger partial charge is 0.243 e. The summed E-state index contributed by atoms with van der Waals surface area (Å²) in [6.45, 7) is 6.53. The van der Waals surface area contributed by atoms with Crippen LogP contribution in [0.15, 0.2) is 30.3 Å². The minimum absolute atomic E-state index is 0.252. The molecule has 0 fully saturated rings. The van der Waals surface area contributed by atoms with E-state index in [1.165, 1.54) is 4.31 Å². The van der Waals surface area contributed by atoms with Crippen molar-refractivity contribution in [1.82, 2.24) is 5.32 Å². The molecular formula is C16H26N2O3S. The van der Waals surface area contributed by atoms with E-state index in [-0.39, 0.29) is 5.91 Å². The summed E-state index contributed by atoms with van der Waals surface area (Å²) in [5.74, 6) is 0.234. The molecule has 0 aliphatic carbocycles. The zero-order valence-corrected chi connectivity index (χ0v) is 14.6. The summed E-state index contributed by atoms with van der Waals surface area (Å²) < 4.78 is 25.5. The Balaban J connectivity index is 2.98. The zero-order valence-electron chi connectivity index (χ0n) is 13.7. The van der Waals surface area contributed by atoms with Gasteiger partial charge in [0, 0.05) is 6.54 Å². The van der Waals surface area contributed by atoms with Gasteiger partial charge >= 0.3 is 0 Å². The van der Waals surface area contributed by atoms with Crippen molar-refractivity contribution >= 4 is 21.6 Å². The lowest BCUT2D eigenvalue weighted by Gasteiger charge is -2.30. The standard InChI is InChI=1S/C16H26N2O3S/c1-5-15(16(19)17-12-11-13(2)3)18(22(4,20)21)14-9-7-6-8-10-14/h6-10,13,15H,5,11-12H2,1-4H3,(H,17,19). The summed E-state index contributed by atoms with van der Waals surface area (Å²) in [6, 6.07) is 8.00. The normalized spacial score (nSPS) is 13.0. The highest BCUT2D eigenvalue weighted by Gasteiger charge is 2.31. The average Bonchev–Trinajstić information content (AvgIpc) is 2.43. The number of carbonyl (C=O) groups is 1. The number of para-hydroxylation sites is 1. The molecule has 0 radical (unpaired) electrons. The fraction of sp³-hybridized carbons (Fsp3) is 0.562. The lowest BCUT2D eigenvalue weighted by Crippen LogP contribution is -2.49. The molecule has 0 bridgehead atoms. The van der Waals surface area contributed by atoms with Crippen molar-refractivity contribution < 1.29 is 13.2 Å². The van der Waals surface area contributed by atoms with Gasteiger partial charge in [-0.3, -0.25) is 9.10 Å². The van der Waals surface area contributed by atoms with Crippen LogP contribution in [0.2, 0.25) is 0 Å². The minimum atomic E-state index is -3.54. The van der Waals surface area contributed by atoms with E-state index in [2.05, 4.69) is 19.2 Å². The van der Waals surface area contributed by atoms with Crippen molar-refractivity contribution in [3.8, 4) is 0 Å². The van der Waals surface area contributed by atoms with Gasteiger partial charge in [-0.05, 0) is 30.9 Å². The number of hydrogen-bond donors (Lipinski definition) is 1. The summed E-state index contributed by atoms with van der Waals surface area (Å²) in [6.07, 6.45) is 2.41. The van der Waals surface area contributed by atoms with Gasteiger partial charge in [0.05, 0.1) is 11.9 Å². The molecule has 0 aliphatic rings. The van der Waals surface area contributed by atoms with Gasteiger partial charge in [0.2, 0.25) is 15.9 Å². The summed E-state index contributed by atoms with van der Waals surface area (Å²) in [4.78, 5) is 12.4. The molecule has 0 spiro atoms. The molecule has 1 aromatic carbocycles. The molecule has 0 aliphatic heterocycles. The molecule has 1 aromatic rings. The number of nitrogens with zero attached hydrogens (tertiary/aromatic N) is 1. The van der Waals surface area contributed by atoms with Crippen LogP contribution < -0.4 is 9.62 Å². The van der Waals surface area contributed by atoms with E-state index in [0.717, 1.165) is 12.7 Å². The molecule has 0 heterocycles. The van der Waals surface area contributed by atoms with Gasteiger partial charge in [-0.2, -0.15) is 0 Å². The average molecular weight is 326 g/mol. The minimum Gasteiger partial charge on any atom is -0.354 e. The third kappa shape index (κ3) is 5.33. The van der Waals surface area contributed by atoms with Crippen molar-refractivity contribution in [2.45, 2.75) is 39.7 Å². The van der Waals surface area contributed by atoms with Crippen molar-refractivity contribution in [1.29, 1.82) is 0 Å². The molecule has 1 rings (SSSR count). The van der Waals surface area contributed by atoms with E-state index in [9.17, 15) is 13.2 Å². The maximum atomic E-state index is 12.4. The van der Waals surface area contributed by atoms with Gasteiger partial charge in [0.25, 0.3) is 0 Å². The maximum Gasteiger partial charge on any atom is 0.243 e. The van der Waals surface area contributed by atoms with Crippen LogP contribution in [0.5, 0.6) is 0 Å². The van der Waals surface area contributed by atoms with Crippen molar-refractivity contribution in [2.24, 2.45) is 5.92 Å². The molecule has 22 heavy (non-hydrogen) atoms. The Bertz CT molecular complexity index is 570. The van der Waals surface area contributed by atoms with Crippen LogP contribution in [0, 0.1) is 5.92 Å². The second-order valence-corrected chi connectivity index (χ2v) is 7.65. The summed E-state index contributed by atoms with van der Waals surface area (Å²) >= 11 is 0. The van der Waals surface area contributed by atoms with Crippen molar-refractivity contribution in [3.63, 3.8) is 0 Å². The molecule has 6 heteroatoms. The second kappa shape index (κ2) is 8.17. The fourth-order valence-corrected chi connectivity index (χ4v) is 3.45. The highest BCUT2D eigenvalue weighted by molar-refractivity contribution is 7.92. The monoisotopic (exact) mass is 326 g/mol. The van der Waals surface area contributed by atoms with Crippen LogP contribution in [0.1, 0.15) is 33.6 Å². The van der Waals surface area contributed by atoms with Crippen LogP contribution in [0.3, 0.4) is 0 Å². The van der Waals surface area contributed by atoms with Gasteiger partial charge in [-0.25, -0.2) is 8.42 Å². The van der Waals surface area contributed by atoms with E-state index >= 15 is 0 Å². The summed E-state index contributed by atoms with van der Waals surface area (Å²) in [5, 5.41) is 2.84. The quantitative estimate of drug-likeness (QED) is 0.797. The number of hydrogen-bond acceptors (Lipinski definition) is 3. The molecule has 1 N–H and O–H groups in total. The Kier molecular flexibility index (Phi) is 6.87. The van der Waals surface area contributed by atoms with E-state index in [1.807, 2.05) is 13.0 Å². The molecular weight excluding hydrogens is 300 g/mol. The highest BCUT2D eigenvalue weighted by Crippen LogP contribution is 2.21. The fourth-order valence-electron chi connectivity index (χ4n) is 2.24. The van der Waals surface area contributed by atoms with E-state index in [1.54, 1.807) is 24.3 Å². The van der Waals surface area contributed by atoms with Gasteiger partial charge in [-0.1, -0.05) is 39.0 Å². The lowest BCUT2D eigenvalue weighted by atomic mass is 10.1. The molecule has 0 saturated carbocycles. The molecule has 1 atom stereocenters. The summed E-state index contributed by atoms with van der Waals surface area (Å²) in [5.41, 5.74) is 0.510. The first-order chi connectivity index (χ1) is 10.3. The largest absolute Gasteiger partial charge is 0.354 e. The van der Waals surface area contributed by atoms with Gasteiger partial charge in [-0.15, -0.1) is 0 Å². The number of sulfonamides is 1. The van der Waals surface area contributed by atoms with Gasteiger partial charge in [0.1, 0.15) is 6.04 Å². The van der Waals surface area contributed by atoms with E-state index < -0.39 is 16.1 Å². The number of nitrogens with one attached hydrogen (secondary N) is 1. The maximum absolute atomic E-state index is 12.4. The topological polar surface area (TPSA) is 66.5 Å². The van der Waals surface area contributed by atoms with Crippen molar-refractivity contribution in [2.75, 3.05) is 17.1 Å². The molecule has 0 aromatic heterocycles. The first-order valence-electron chi connectivity index (χ1n) is 7.59. The van der Waals surface area contributed by atoms with Crippen LogP contribution in [0.4, 0.5) is 5.69 Å². The van der Waals surface area contributed by atoms with Crippen LogP contribution >= 0.6 is 0 Å². The molecule has 124 valence electrons. The lowest BCUT2D eigenvalue weighted by molar-refractivity contribution is -0.122. The van der Waals surface area contributed by atoms with Crippen molar-refractivity contribution in [3.05, 3.63) is 30.3 Å². The zero-order chi connectivity index (χ0) is 16.8. The van der Waals surface area contributed by atoms with E-state index in [4.69, 9.17) is 0 Å². The SMILES string of the molecule is CCC(C(=O)NCCC(C)C)N(c1ccccc1)S(C)(=O)=O. The first-order valence-corrected chi connectivity index (χ1v) is 9.44. The Morgan fingerprint density at radius 1 is 1.23 bits per heavy atom. The molecule has 5 nitrogen and oxygen atoms in total. The van der Waals surface area contributed by atoms with Crippen LogP contribution in [0.25, 0.3) is 0 Å². The highest BCUT2D eigenvalue weighted by atomic mass is 32.2. The Hall–Kier alpha value is -1.56. The van der Waals surface area contributed by atoms with Gasteiger partial charge in [0.15, 0.2) is 0 Å². The second-order valence-electron chi connectivity index (χ2n) is 5.79. The Morgan fingerprint density at radius 3 is 2.27 bits per heavy atom. The number of carbonyl (C=O) groups excluding carboxylic acids is 1. The number of benzene rings is 1. The molecule has 1 unspecified atom stereocenters. The number of anilines is 1. The van der Waals surface area contributed by atoms with Crippen LogP contribution in [-0.2, 0) is 14.8 Å². The Morgan fingerprint density at radius 2 is 1.82 bits per heavy atom. The van der Waals surface area contributed by atoms with E-state index in [0.29, 0.717) is 24.6 Å². The number of rotatable bonds is 8. The molecule has 1 amide bonds. The Labute approximate surface area is 133 Å². The van der Waals surface area contributed by atoms with Gasteiger partial charge < -0.3 is 5.32 Å².